The Morgan fingerprint density at radius 3 is 2.33 bits per heavy atom. The third-order valence-electron chi connectivity index (χ3n) is 2.47. The number of nitrogens with two attached hydrogens (primary N) is 1. The summed E-state index contributed by atoms with van der Waals surface area (Å²) in [5.41, 5.74) is 5.94. The van der Waals surface area contributed by atoms with Crippen molar-refractivity contribution in [2.75, 3.05) is 13.1 Å². The lowest BCUT2D eigenvalue weighted by atomic mass is 10.1. The number of carbonyl (C=O) groups excluding carboxylic acids is 1. The maximum Gasteiger partial charge on any atom is 0.573 e. The van der Waals surface area contributed by atoms with E-state index in [1.165, 1.54) is 24.3 Å². The Balaban J connectivity index is 0.00000400. The van der Waals surface area contributed by atoms with E-state index in [0.717, 1.165) is 12.8 Å². The summed E-state index contributed by atoms with van der Waals surface area (Å²) < 4.78 is 39.6. The Morgan fingerprint density at radius 2 is 1.81 bits per heavy atom. The van der Waals surface area contributed by atoms with Crippen LogP contribution in [-0.2, 0) is 11.2 Å². The molecule has 0 unspecified atom stereocenters. The first-order valence-electron chi connectivity index (χ1n) is 6.22. The van der Waals surface area contributed by atoms with Gasteiger partial charge in [-0.25, -0.2) is 0 Å². The van der Waals surface area contributed by atoms with Crippen molar-refractivity contribution in [1.82, 2.24) is 5.32 Å². The number of nitrogens with one attached hydrogen (secondary N) is 1. The molecule has 21 heavy (non-hydrogen) atoms. The first-order chi connectivity index (χ1) is 9.40. The van der Waals surface area contributed by atoms with Crippen molar-refractivity contribution in [3.05, 3.63) is 29.8 Å². The van der Waals surface area contributed by atoms with E-state index in [1.807, 2.05) is 0 Å². The van der Waals surface area contributed by atoms with Crippen LogP contribution in [0.4, 0.5) is 13.2 Å². The minimum Gasteiger partial charge on any atom is -0.406 e. The number of amides is 1. The Hall–Kier alpha value is -1.47. The van der Waals surface area contributed by atoms with Gasteiger partial charge in [-0.3, -0.25) is 4.79 Å². The molecule has 8 heteroatoms. The second-order valence-electron chi connectivity index (χ2n) is 4.21. The first-order valence-corrected chi connectivity index (χ1v) is 6.22. The molecule has 4 nitrogen and oxygen atoms in total. The van der Waals surface area contributed by atoms with Gasteiger partial charge in [0.1, 0.15) is 5.75 Å². The summed E-state index contributed by atoms with van der Waals surface area (Å²) in [5, 5.41) is 2.71. The normalized spacial score (nSPS) is 10.7. The van der Waals surface area contributed by atoms with Crippen LogP contribution in [-0.4, -0.2) is 25.4 Å². The van der Waals surface area contributed by atoms with Crippen LogP contribution in [0.15, 0.2) is 24.3 Å². The molecule has 0 aliphatic carbocycles. The van der Waals surface area contributed by atoms with Gasteiger partial charge in [0, 0.05) is 6.54 Å². The lowest BCUT2D eigenvalue weighted by Crippen LogP contribution is -2.26. The van der Waals surface area contributed by atoms with Gasteiger partial charge in [0.15, 0.2) is 0 Å². The summed E-state index contributed by atoms with van der Waals surface area (Å²) in [6.45, 7) is 1.13. The van der Waals surface area contributed by atoms with E-state index in [0.29, 0.717) is 18.7 Å². The van der Waals surface area contributed by atoms with Gasteiger partial charge in [-0.05, 0) is 37.1 Å². The summed E-state index contributed by atoms with van der Waals surface area (Å²) in [6.07, 6.45) is -2.94. The standard InChI is InChI=1S/C13H17F3N2O2.ClH/c14-13(15,16)20-11-5-3-10(4-6-11)9-12(19)18-8-2-1-7-17;/h3-6H,1-2,7-9,17H2,(H,18,19);1H. The maximum atomic E-state index is 12.0. The molecule has 0 spiro atoms. The number of alkyl halides is 3. The highest BCUT2D eigenvalue weighted by atomic mass is 35.5. The van der Waals surface area contributed by atoms with Gasteiger partial charge in [-0.15, -0.1) is 25.6 Å². The number of hydrogen-bond donors (Lipinski definition) is 2. The van der Waals surface area contributed by atoms with Crippen LogP contribution in [0, 0.1) is 0 Å². The Morgan fingerprint density at radius 1 is 1.19 bits per heavy atom. The van der Waals surface area contributed by atoms with Gasteiger partial charge < -0.3 is 15.8 Å². The fourth-order valence-electron chi connectivity index (χ4n) is 1.55. The molecule has 1 rings (SSSR count). The molecule has 0 aliphatic rings. The lowest BCUT2D eigenvalue weighted by Gasteiger charge is -2.09. The van der Waals surface area contributed by atoms with Gasteiger partial charge in [-0.1, -0.05) is 12.1 Å². The molecule has 120 valence electrons. The number of carbonyl (C=O) groups is 1. The predicted octanol–water partition coefficient (Wildman–Crippen LogP) is 2.40. The van der Waals surface area contributed by atoms with Crippen LogP contribution < -0.4 is 15.8 Å². The largest absolute Gasteiger partial charge is 0.573 e. The molecular formula is C13H18ClF3N2O2. The Kier molecular flexibility index (Phi) is 8.80. The zero-order valence-electron chi connectivity index (χ0n) is 11.3. The van der Waals surface area contributed by atoms with Crippen LogP contribution in [0.25, 0.3) is 0 Å². The SMILES string of the molecule is Cl.NCCCCNC(=O)Cc1ccc(OC(F)(F)F)cc1. The molecule has 0 aromatic heterocycles. The zero-order chi connectivity index (χ0) is 15.0. The molecule has 3 N–H and O–H groups in total. The van der Waals surface area contributed by atoms with Crippen molar-refractivity contribution in [1.29, 1.82) is 0 Å². The first kappa shape index (κ1) is 19.5. The molecule has 0 atom stereocenters. The minimum atomic E-state index is -4.71. The van der Waals surface area contributed by atoms with Crippen molar-refractivity contribution in [3.63, 3.8) is 0 Å². The van der Waals surface area contributed by atoms with Gasteiger partial charge >= 0.3 is 6.36 Å². The van der Waals surface area contributed by atoms with Crippen molar-refractivity contribution in [3.8, 4) is 5.75 Å². The van der Waals surface area contributed by atoms with E-state index >= 15 is 0 Å². The van der Waals surface area contributed by atoms with Gasteiger partial charge in [0.2, 0.25) is 5.91 Å². The van der Waals surface area contributed by atoms with Crippen LogP contribution in [0.5, 0.6) is 5.75 Å². The molecule has 1 amide bonds. The summed E-state index contributed by atoms with van der Waals surface area (Å²) in [4.78, 5) is 11.5. The molecule has 0 bridgehead atoms. The Bertz CT molecular complexity index is 424. The van der Waals surface area contributed by atoms with Crippen LogP contribution in [0.1, 0.15) is 18.4 Å². The second-order valence-corrected chi connectivity index (χ2v) is 4.21. The number of hydrogen-bond acceptors (Lipinski definition) is 3. The monoisotopic (exact) mass is 326 g/mol. The second kappa shape index (κ2) is 9.46. The van der Waals surface area contributed by atoms with Crippen molar-refractivity contribution in [2.24, 2.45) is 5.73 Å². The lowest BCUT2D eigenvalue weighted by molar-refractivity contribution is -0.274. The van der Waals surface area contributed by atoms with Gasteiger partial charge in [0.25, 0.3) is 0 Å². The molecule has 0 heterocycles. The summed E-state index contributed by atoms with van der Waals surface area (Å²) in [7, 11) is 0. The van der Waals surface area contributed by atoms with E-state index in [2.05, 4.69) is 10.1 Å². The predicted molar refractivity (Wildman–Crippen MR) is 75.4 cm³/mol. The van der Waals surface area contributed by atoms with Gasteiger partial charge in [-0.2, -0.15) is 0 Å². The Labute approximate surface area is 127 Å². The fraction of sp³-hybridized carbons (Fsp3) is 0.462. The smallest absolute Gasteiger partial charge is 0.406 e. The maximum absolute atomic E-state index is 12.0. The summed E-state index contributed by atoms with van der Waals surface area (Å²) in [6, 6.07) is 5.23. The van der Waals surface area contributed by atoms with Crippen LogP contribution in [0.2, 0.25) is 0 Å². The molecule has 0 saturated heterocycles. The average molecular weight is 327 g/mol. The van der Waals surface area contributed by atoms with Crippen molar-refractivity contribution >= 4 is 18.3 Å². The number of unbranched alkanes of at least 4 members (excludes halogenated alkanes) is 1. The van der Waals surface area contributed by atoms with Crippen molar-refractivity contribution in [2.45, 2.75) is 25.6 Å². The third-order valence-corrected chi connectivity index (χ3v) is 2.47. The summed E-state index contributed by atoms with van der Waals surface area (Å²) in [5.74, 6) is -0.476. The number of rotatable bonds is 7. The van der Waals surface area contributed by atoms with E-state index < -0.39 is 6.36 Å². The fourth-order valence-corrected chi connectivity index (χ4v) is 1.55. The van der Waals surface area contributed by atoms with E-state index in [4.69, 9.17) is 5.73 Å². The van der Waals surface area contributed by atoms with E-state index in [9.17, 15) is 18.0 Å². The molecule has 1 aromatic carbocycles. The van der Waals surface area contributed by atoms with Crippen molar-refractivity contribution < 1.29 is 22.7 Å². The average Bonchev–Trinajstić information content (AvgIpc) is 2.35. The molecule has 0 radical (unpaired) electrons. The molecule has 1 aromatic rings. The third kappa shape index (κ3) is 9.14. The number of halogens is 4. The van der Waals surface area contributed by atoms with Gasteiger partial charge in [0.05, 0.1) is 6.42 Å². The molecule has 0 fully saturated rings. The minimum absolute atomic E-state index is 0. The highest BCUT2D eigenvalue weighted by Crippen LogP contribution is 2.22. The number of ether oxygens (including phenoxy) is 1. The molecular weight excluding hydrogens is 309 g/mol. The zero-order valence-corrected chi connectivity index (χ0v) is 12.1. The van der Waals surface area contributed by atoms with E-state index in [-0.39, 0.29) is 30.5 Å². The van der Waals surface area contributed by atoms with Crippen LogP contribution in [0.3, 0.4) is 0 Å². The summed E-state index contributed by atoms with van der Waals surface area (Å²) >= 11 is 0. The topological polar surface area (TPSA) is 64.3 Å². The number of benzene rings is 1. The van der Waals surface area contributed by atoms with E-state index in [1.54, 1.807) is 0 Å². The quantitative estimate of drug-likeness (QED) is 0.756. The molecule has 0 aliphatic heterocycles. The van der Waals surface area contributed by atoms with Crippen LogP contribution >= 0.6 is 12.4 Å². The highest BCUT2D eigenvalue weighted by Gasteiger charge is 2.30. The molecule has 0 saturated carbocycles. The highest BCUT2D eigenvalue weighted by molar-refractivity contribution is 5.85.